The van der Waals surface area contributed by atoms with E-state index < -0.39 is 21.9 Å². The molecule has 0 radical (unpaired) electrons. The number of rotatable bonds is 6. The maximum atomic E-state index is 12.9. The van der Waals surface area contributed by atoms with Crippen LogP contribution in [-0.4, -0.2) is 24.7 Å². The van der Waals surface area contributed by atoms with Crippen molar-refractivity contribution < 1.29 is 21.6 Å². The average Bonchev–Trinajstić information content (AvgIpc) is 3.29. The summed E-state index contributed by atoms with van der Waals surface area (Å²) < 4.78 is 66.8. The van der Waals surface area contributed by atoms with Crippen molar-refractivity contribution in [1.29, 1.82) is 0 Å². The number of nitrogens with one attached hydrogen (secondary N) is 1. The molecule has 1 fully saturated rings. The SMILES string of the molecule is Cc1ccc(S(=O)(=O)NCCn2nc(C(F)(F)F)cc2C2CC2)cc1Cl. The quantitative estimate of drug-likeness (QED) is 0.793. The lowest BCUT2D eigenvalue weighted by atomic mass is 10.2. The minimum absolute atomic E-state index is 0.00645. The Morgan fingerprint density at radius 2 is 2.00 bits per heavy atom. The Hall–Kier alpha value is -1.58. The Balaban J connectivity index is 1.71. The van der Waals surface area contributed by atoms with Crippen LogP contribution in [0.25, 0.3) is 0 Å². The first-order chi connectivity index (χ1) is 12.1. The Morgan fingerprint density at radius 1 is 1.31 bits per heavy atom. The Kier molecular flexibility index (Phi) is 5.06. The van der Waals surface area contributed by atoms with Crippen LogP contribution in [0.2, 0.25) is 5.02 Å². The van der Waals surface area contributed by atoms with Crippen molar-refractivity contribution in [2.45, 2.75) is 43.3 Å². The number of hydrogen-bond donors (Lipinski definition) is 1. The topological polar surface area (TPSA) is 64.0 Å². The molecule has 1 aromatic carbocycles. The summed E-state index contributed by atoms with van der Waals surface area (Å²) in [5.74, 6) is 0.0612. The van der Waals surface area contributed by atoms with Gasteiger partial charge >= 0.3 is 6.18 Å². The zero-order valence-electron chi connectivity index (χ0n) is 13.8. The van der Waals surface area contributed by atoms with Crippen molar-refractivity contribution in [3.63, 3.8) is 0 Å². The van der Waals surface area contributed by atoms with Gasteiger partial charge in [0, 0.05) is 23.2 Å². The Morgan fingerprint density at radius 3 is 2.58 bits per heavy atom. The highest BCUT2D eigenvalue weighted by atomic mass is 35.5. The third-order valence-electron chi connectivity index (χ3n) is 4.17. The highest BCUT2D eigenvalue weighted by Crippen LogP contribution is 2.42. The molecule has 2 aromatic rings. The van der Waals surface area contributed by atoms with E-state index in [1.165, 1.54) is 16.8 Å². The maximum Gasteiger partial charge on any atom is 0.435 e. The molecule has 1 aromatic heterocycles. The van der Waals surface area contributed by atoms with Crippen LogP contribution in [0, 0.1) is 6.92 Å². The number of aromatic nitrogens is 2. The average molecular weight is 408 g/mol. The van der Waals surface area contributed by atoms with Crippen LogP contribution in [0.3, 0.4) is 0 Å². The van der Waals surface area contributed by atoms with E-state index in [9.17, 15) is 21.6 Å². The summed E-state index contributed by atoms with van der Waals surface area (Å²) in [6.45, 7) is 1.69. The molecule has 142 valence electrons. The molecule has 0 spiro atoms. The standard InChI is InChI=1S/C16H17ClF3N3O2S/c1-10-2-5-12(8-13(10)17)26(24,25)21-6-7-23-14(11-3-4-11)9-15(22-23)16(18,19)20/h2,5,8-9,11,21H,3-4,6-7H2,1H3. The lowest BCUT2D eigenvalue weighted by molar-refractivity contribution is -0.141. The normalized spacial score (nSPS) is 15.4. The van der Waals surface area contributed by atoms with Crippen molar-refractivity contribution in [3.05, 3.63) is 46.2 Å². The minimum atomic E-state index is -4.52. The third-order valence-corrected chi connectivity index (χ3v) is 6.03. The van der Waals surface area contributed by atoms with Gasteiger partial charge in [-0.1, -0.05) is 17.7 Å². The van der Waals surface area contributed by atoms with Gasteiger partial charge in [-0.3, -0.25) is 4.68 Å². The molecule has 1 saturated carbocycles. The fourth-order valence-corrected chi connectivity index (χ4v) is 3.86. The molecule has 0 saturated heterocycles. The van der Waals surface area contributed by atoms with E-state index in [0.29, 0.717) is 10.7 Å². The molecular weight excluding hydrogens is 391 g/mol. The van der Waals surface area contributed by atoms with Gasteiger partial charge in [0.15, 0.2) is 5.69 Å². The lowest BCUT2D eigenvalue weighted by Crippen LogP contribution is -2.28. The molecule has 0 bridgehead atoms. The van der Waals surface area contributed by atoms with Crippen molar-refractivity contribution in [1.82, 2.24) is 14.5 Å². The van der Waals surface area contributed by atoms with Crippen LogP contribution in [0.4, 0.5) is 13.2 Å². The van der Waals surface area contributed by atoms with Gasteiger partial charge in [0.25, 0.3) is 0 Å². The van der Waals surface area contributed by atoms with Crippen molar-refractivity contribution in [2.75, 3.05) is 6.54 Å². The van der Waals surface area contributed by atoms with Crippen LogP contribution < -0.4 is 4.72 Å². The lowest BCUT2D eigenvalue weighted by Gasteiger charge is -2.10. The van der Waals surface area contributed by atoms with Crippen molar-refractivity contribution in [2.24, 2.45) is 0 Å². The second-order valence-electron chi connectivity index (χ2n) is 6.26. The number of nitrogens with zero attached hydrogens (tertiary/aromatic N) is 2. The van der Waals surface area contributed by atoms with Gasteiger partial charge in [-0.05, 0) is 43.5 Å². The molecular formula is C16H17ClF3N3O2S. The molecule has 5 nitrogen and oxygen atoms in total. The van der Waals surface area contributed by atoms with Crippen LogP contribution in [0.5, 0.6) is 0 Å². The number of hydrogen-bond acceptors (Lipinski definition) is 3. The second-order valence-corrected chi connectivity index (χ2v) is 8.43. The van der Waals surface area contributed by atoms with Crippen LogP contribution >= 0.6 is 11.6 Å². The molecule has 1 heterocycles. The molecule has 0 atom stereocenters. The smallest absolute Gasteiger partial charge is 0.267 e. The van der Waals surface area contributed by atoms with Gasteiger partial charge in [-0.15, -0.1) is 0 Å². The zero-order chi connectivity index (χ0) is 19.1. The monoisotopic (exact) mass is 407 g/mol. The number of halogens is 4. The Bertz CT molecular complexity index is 921. The zero-order valence-corrected chi connectivity index (χ0v) is 15.4. The van der Waals surface area contributed by atoms with Gasteiger partial charge in [0.2, 0.25) is 10.0 Å². The van der Waals surface area contributed by atoms with Gasteiger partial charge in [0.1, 0.15) is 0 Å². The van der Waals surface area contributed by atoms with Crippen LogP contribution in [-0.2, 0) is 22.7 Å². The first-order valence-electron chi connectivity index (χ1n) is 7.99. The molecule has 0 aliphatic heterocycles. The molecule has 3 rings (SSSR count). The van der Waals surface area contributed by atoms with Gasteiger partial charge < -0.3 is 0 Å². The summed E-state index contributed by atoms with van der Waals surface area (Å²) in [5.41, 5.74) is 0.290. The highest BCUT2D eigenvalue weighted by molar-refractivity contribution is 7.89. The van der Waals surface area contributed by atoms with Crippen molar-refractivity contribution in [3.8, 4) is 0 Å². The predicted octanol–water partition coefficient (Wildman–Crippen LogP) is 3.72. The molecule has 10 heteroatoms. The first kappa shape index (κ1) is 19.2. The van der Waals surface area contributed by atoms with E-state index in [1.807, 2.05) is 0 Å². The third kappa shape index (κ3) is 4.21. The van der Waals surface area contributed by atoms with E-state index in [-0.39, 0.29) is 23.9 Å². The summed E-state index contributed by atoms with van der Waals surface area (Å²) in [6, 6.07) is 5.40. The summed E-state index contributed by atoms with van der Waals surface area (Å²) in [7, 11) is -3.81. The summed E-state index contributed by atoms with van der Waals surface area (Å²) >= 11 is 5.94. The van der Waals surface area contributed by atoms with E-state index in [4.69, 9.17) is 11.6 Å². The van der Waals surface area contributed by atoms with Crippen molar-refractivity contribution >= 4 is 21.6 Å². The molecule has 1 aliphatic rings. The van der Waals surface area contributed by atoms with Gasteiger partial charge in [0.05, 0.1) is 11.4 Å². The largest absolute Gasteiger partial charge is 0.435 e. The second kappa shape index (κ2) is 6.86. The highest BCUT2D eigenvalue weighted by Gasteiger charge is 2.37. The summed E-state index contributed by atoms with van der Waals surface area (Å²) in [5, 5.41) is 3.92. The van der Waals surface area contributed by atoms with Gasteiger partial charge in [-0.25, -0.2) is 13.1 Å². The van der Waals surface area contributed by atoms with E-state index >= 15 is 0 Å². The number of benzene rings is 1. The number of sulfonamides is 1. The predicted molar refractivity (Wildman–Crippen MR) is 90.6 cm³/mol. The van der Waals surface area contributed by atoms with E-state index in [1.54, 1.807) is 13.0 Å². The van der Waals surface area contributed by atoms with Crippen LogP contribution in [0.15, 0.2) is 29.2 Å². The fraction of sp³-hybridized carbons (Fsp3) is 0.438. The Labute approximate surface area is 154 Å². The molecule has 0 amide bonds. The fourth-order valence-electron chi connectivity index (χ4n) is 2.57. The first-order valence-corrected chi connectivity index (χ1v) is 9.85. The summed E-state index contributed by atoms with van der Waals surface area (Å²) in [4.78, 5) is 0.00645. The van der Waals surface area contributed by atoms with E-state index in [2.05, 4.69) is 9.82 Å². The molecule has 0 unspecified atom stereocenters. The number of aryl methyl sites for hydroxylation is 1. The minimum Gasteiger partial charge on any atom is -0.267 e. The molecule has 26 heavy (non-hydrogen) atoms. The summed E-state index contributed by atoms with van der Waals surface area (Å²) in [6.07, 6.45) is -2.89. The molecule has 1 N–H and O–H groups in total. The van der Waals surface area contributed by atoms with Gasteiger partial charge in [-0.2, -0.15) is 18.3 Å². The van der Waals surface area contributed by atoms with E-state index in [0.717, 1.165) is 24.5 Å². The number of alkyl halides is 3. The maximum absolute atomic E-state index is 12.9. The molecule has 1 aliphatic carbocycles. The van der Waals surface area contributed by atoms with Crippen LogP contribution in [0.1, 0.15) is 35.7 Å².